The first-order valence-electron chi connectivity index (χ1n) is 12.6. The van der Waals surface area contributed by atoms with Gasteiger partial charge in [0.2, 0.25) is 0 Å². The summed E-state index contributed by atoms with van der Waals surface area (Å²) in [6.45, 7) is 0. The van der Waals surface area contributed by atoms with E-state index in [4.69, 9.17) is 0 Å². The first kappa shape index (κ1) is 25.7. The number of carbonyl (C=O) groups is 1. The van der Waals surface area contributed by atoms with Crippen LogP contribution in [0.3, 0.4) is 0 Å². The number of hydrogen-bond donors (Lipinski definition) is 1. The maximum Gasteiger partial charge on any atom is 0.163 e. The smallest absolute Gasteiger partial charge is 0.163 e. The molecule has 0 spiro atoms. The highest BCUT2D eigenvalue weighted by molar-refractivity contribution is 7.21. The minimum absolute atomic E-state index is 0.301. The van der Waals surface area contributed by atoms with Gasteiger partial charge in [0.1, 0.15) is 4.83 Å². The molecule has 0 unspecified atom stereocenters. The number of rotatable bonds is 0. The molecule has 0 atom stereocenters. The molecular weight excluding hydrogens is 555 g/mol. The molecule has 5 aromatic heterocycles. The van der Waals surface area contributed by atoms with E-state index in [1.165, 1.54) is 46.2 Å². The van der Waals surface area contributed by atoms with Crippen molar-refractivity contribution < 1.29 is 4.79 Å². The summed E-state index contributed by atoms with van der Waals surface area (Å²) in [6, 6.07) is 33.2. The van der Waals surface area contributed by atoms with Crippen molar-refractivity contribution in [3.05, 3.63) is 130 Å². The highest BCUT2D eigenvalue weighted by Gasteiger charge is 2.17. The van der Waals surface area contributed by atoms with Crippen LogP contribution in [0.1, 0.15) is 22.3 Å². The zero-order valence-electron chi connectivity index (χ0n) is 21.0. The lowest BCUT2D eigenvalue weighted by Crippen LogP contribution is -1.88. The molecule has 0 bridgehead atoms. The standard InChI is InChI=1S/C9H8O.C8H5NS2.2C8H6S/c10-9-6-5-7-3-1-2-4-8(7)9;1-3-11-8-5(1)7-6(9-8)2-4-10-7;2*1-2-4-8-7(3-1)5-6-9-8/h1-4H,5-6H2;1-4,9H;2*1-6H. The molecule has 8 aromatic rings. The molecule has 0 saturated heterocycles. The van der Waals surface area contributed by atoms with Gasteiger partial charge in [0.05, 0.1) is 10.2 Å². The fourth-order valence-electron chi connectivity index (χ4n) is 4.53. The van der Waals surface area contributed by atoms with Crippen molar-refractivity contribution in [1.82, 2.24) is 4.98 Å². The lowest BCUT2D eigenvalue weighted by Gasteiger charge is -1.92. The number of aromatic nitrogens is 1. The van der Waals surface area contributed by atoms with Crippen molar-refractivity contribution in [2.75, 3.05) is 0 Å². The van der Waals surface area contributed by atoms with Crippen LogP contribution in [0.2, 0.25) is 0 Å². The van der Waals surface area contributed by atoms with Crippen LogP contribution in [0.15, 0.2) is 119 Å². The van der Waals surface area contributed by atoms with Gasteiger partial charge in [-0.2, -0.15) is 0 Å². The summed E-state index contributed by atoms with van der Waals surface area (Å²) in [7, 11) is 0. The number of Topliss-reactive ketones (excluding diaryl/α,β-unsaturated/α-hetero) is 1. The molecule has 2 nitrogen and oxygen atoms in total. The highest BCUT2D eigenvalue weighted by atomic mass is 32.1. The second-order valence-corrected chi connectivity index (χ2v) is 12.7. The zero-order chi connectivity index (χ0) is 26.4. The summed E-state index contributed by atoms with van der Waals surface area (Å²) in [4.78, 5) is 15.7. The fraction of sp³-hybridized carbons (Fsp3) is 0.0606. The molecule has 0 fully saturated rings. The van der Waals surface area contributed by atoms with E-state index in [0.717, 1.165) is 12.0 Å². The number of benzene rings is 3. The van der Waals surface area contributed by atoms with E-state index in [1.807, 2.05) is 24.3 Å². The Balaban J connectivity index is 0.0000000949. The van der Waals surface area contributed by atoms with Gasteiger partial charge >= 0.3 is 0 Å². The van der Waals surface area contributed by atoms with E-state index in [1.54, 1.807) is 45.3 Å². The Kier molecular flexibility index (Phi) is 7.98. The molecule has 1 N–H and O–H groups in total. The van der Waals surface area contributed by atoms with Gasteiger partial charge in [-0.1, -0.05) is 60.7 Å². The number of aromatic amines is 1. The van der Waals surface area contributed by atoms with Crippen LogP contribution in [0.5, 0.6) is 0 Å². The quantitative estimate of drug-likeness (QED) is 0.190. The van der Waals surface area contributed by atoms with Crippen molar-refractivity contribution in [3.63, 3.8) is 0 Å². The monoisotopic (exact) mass is 579 g/mol. The SMILES string of the molecule is O=C1CCc2ccccc21.c1cc2c([nH]c3ccsc32)s1.c1ccc2sccc2c1.c1ccc2sccc2c1. The second-order valence-electron chi connectivity index (χ2n) is 8.95. The number of carbonyl (C=O) groups excluding carboxylic acids is 1. The van der Waals surface area contributed by atoms with Crippen molar-refractivity contribution in [2.45, 2.75) is 12.8 Å². The molecule has 0 aliphatic heterocycles. The summed E-state index contributed by atoms with van der Waals surface area (Å²) in [5, 5.41) is 12.6. The van der Waals surface area contributed by atoms with Gasteiger partial charge in [0.15, 0.2) is 5.78 Å². The average molecular weight is 580 g/mol. The molecule has 0 saturated carbocycles. The Hall–Kier alpha value is -3.55. The first-order chi connectivity index (χ1) is 19.3. The number of H-pyrrole nitrogens is 1. The van der Waals surface area contributed by atoms with Gasteiger partial charge in [-0.15, -0.1) is 45.3 Å². The summed E-state index contributed by atoms with van der Waals surface area (Å²) >= 11 is 7.15. The Labute approximate surface area is 242 Å². The molecule has 9 rings (SSSR count). The predicted molar refractivity (Wildman–Crippen MR) is 174 cm³/mol. The van der Waals surface area contributed by atoms with Crippen molar-refractivity contribution >= 4 is 91.7 Å². The summed E-state index contributed by atoms with van der Waals surface area (Å²) in [6.07, 6.45) is 1.65. The molecule has 6 heteroatoms. The van der Waals surface area contributed by atoms with Gasteiger partial charge in [0.25, 0.3) is 0 Å². The molecule has 5 heterocycles. The third-order valence-corrected chi connectivity index (χ3v) is 10.1. The normalized spacial score (nSPS) is 11.9. The van der Waals surface area contributed by atoms with Gasteiger partial charge < -0.3 is 4.98 Å². The first-order valence-corrected chi connectivity index (χ1v) is 16.2. The third kappa shape index (κ3) is 5.89. The number of aryl methyl sites for hydroxylation is 1. The molecule has 0 radical (unpaired) electrons. The van der Waals surface area contributed by atoms with Gasteiger partial charge in [-0.05, 0) is 80.7 Å². The number of ketones is 1. The number of thiophene rings is 4. The maximum absolute atomic E-state index is 11.1. The number of nitrogens with one attached hydrogen (secondary N) is 1. The van der Waals surface area contributed by atoms with Gasteiger partial charge in [0, 0.05) is 26.8 Å². The van der Waals surface area contributed by atoms with E-state index in [-0.39, 0.29) is 0 Å². The minimum Gasteiger partial charge on any atom is -0.346 e. The molecule has 0 amide bonds. The van der Waals surface area contributed by atoms with Crippen LogP contribution in [0.25, 0.3) is 40.6 Å². The van der Waals surface area contributed by atoms with Gasteiger partial charge in [-0.25, -0.2) is 0 Å². The lowest BCUT2D eigenvalue weighted by atomic mass is 10.1. The van der Waals surface area contributed by atoms with E-state index < -0.39 is 0 Å². The van der Waals surface area contributed by atoms with Crippen molar-refractivity contribution in [3.8, 4) is 0 Å². The Morgan fingerprint density at radius 2 is 1.18 bits per heavy atom. The average Bonchev–Trinajstić information content (AvgIpc) is 3.80. The van der Waals surface area contributed by atoms with Crippen LogP contribution in [-0.4, -0.2) is 10.8 Å². The maximum atomic E-state index is 11.1. The summed E-state index contributed by atoms with van der Waals surface area (Å²) < 4.78 is 4.14. The van der Waals surface area contributed by atoms with E-state index >= 15 is 0 Å². The summed E-state index contributed by atoms with van der Waals surface area (Å²) in [5.74, 6) is 0.301. The number of fused-ring (bicyclic) bond motifs is 6. The Bertz CT molecular complexity index is 1790. The van der Waals surface area contributed by atoms with Gasteiger partial charge in [-0.3, -0.25) is 4.79 Å². The molecule has 1 aliphatic carbocycles. The minimum atomic E-state index is 0.301. The molecule has 1 aliphatic rings. The topological polar surface area (TPSA) is 32.9 Å². The molecule has 39 heavy (non-hydrogen) atoms. The summed E-state index contributed by atoms with van der Waals surface area (Å²) in [5.41, 5.74) is 3.42. The predicted octanol–water partition coefficient (Wildman–Crippen LogP) is 11.1. The lowest BCUT2D eigenvalue weighted by molar-refractivity contribution is 0.0994. The van der Waals surface area contributed by atoms with Crippen LogP contribution in [0.4, 0.5) is 0 Å². The Morgan fingerprint density at radius 1 is 0.564 bits per heavy atom. The highest BCUT2D eigenvalue weighted by Crippen LogP contribution is 2.32. The zero-order valence-corrected chi connectivity index (χ0v) is 24.3. The van der Waals surface area contributed by atoms with E-state index in [9.17, 15) is 4.79 Å². The third-order valence-electron chi connectivity index (χ3n) is 6.49. The van der Waals surface area contributed by atoms with Crippen LogP contribution in [-0.2, 0) is 6.42 Å². The van der Waals surface area contributed by atoms with Crippen LogP contribution >= 0.6 is 45.3 Å². The van der Waals surface area contributed by atoms with E-state index in [0.29, 0.717) is 12.2 Å². The Morgan fingerprint density at radius 3 is 1.87 bits per heavy atom. The van der Waals surface area contributed by atoms with E-state index in [2.05, 4.69) is 99.3 Å². The molecule has 192 valence electrons. The molecular formula is C33H25NOS4. The van der Waals surface area contributed by atoms with Crippen molar-refractivity contribution in [1.29, 1.82) is 0 Å². The molecule has 3 aromatic carbocycles. The van der Waals surface area contributed by atoms with Crippen LogP contribution < -0.4 is 0 Å². The number of hydrogen-bond acceptors (Lipinski definition) is 5. The second kappa shape index (κ2) is 12.1. The van der Waals surface area contributed by atoms with Crippen LogP contribution in [0, 0.1) is 0 Å². The largest absolute Gasteiger partial charge is 0.346 e. The fourth-order valence-corrected chi connectivity index (χ4v) is 7.86. The van der Waals surface area contributed by atoms with Crippen molar-refractivity contribution in [2.24, 2.45) is 0 Å².